The largest absolute Gasteiger partial charge is 0.388 e. The van der Waals surface area contributed by atoms with Gasteiger partial charge in [0.25, 0.3) is 0 Å². The van der Waals surface area contributed by atoms with Crippen molar-refractivity contribution in [3.63, 3.8) is 0 Å². The Morgan fingerprint density at radius 1 is 1.05 bits per heavy atom. The van der Waals surface area contributed by atoms with Crippen molar-refractivity contribution in [3.05, 3.63) is 12.7 Å². The van der Waals surface area contributed by atoms with Crippen LogP contribution in [0.15, 0.2) is 12.7 Å². The summed E-state index contributed by atoms with van der Waals surface area (Å²) in [5.74, 6) is -1.70. The molecule has 0 bridgehead atoms. The molecule has 10 atom stereocenters. The van der Waals surface area contributed by atoms with Gasteiger partial charge in [0.1, 0.15) is 42.4 Å². The fraction of sp³-hybridized carbons (Fsp3) is 0.684. The lowest BCUT2D eigenvalue weighted by Gasteiger charge is -2.23. The van der Waals surface area contributed by atoms with Crippen LogP contribution in [-0.4, -0.2) is 112 Å². The first kappa shape index (κ1) is 29.9. The molecule has 0 radical (unpaired) electrons. The predicted octanol–water partition coefficient (Wildman–Crippen LogP) is -1.96. The number of aliphatic hydroxyl groups excluding tert-OH is 3. The van der Waals surface area contributed by atoms with Gasteiger partial charge >= 0.3 is 15.2 Å². The topological polar surface area (TPSA) is 271 Å². The minimum absolute atomic E-state index is 0.0827. The summed E-state index contributed by atoms with van der Waals surface area (Å²) in [5, 5.41) is 33.5. The van der Waals surface area contributed by atoms with E-state index in [0.717, 1.165) is 0 Å². The van der Waals surface area contributed by atoms with Gasteiger partial charge in [-0.3, -0.25) is 18.5 Å². The maximum Gasteiger partial charge on any atom is 0.340 e. The smallest absolute Gasteiger partial charge is 0.340 e. The number of nitrogen functional groups attached to an aromatic ring is 1. The third-order valence-electron chi connectivity index (χ3n) is 6.25. The lowest BCUT2D eigenvalue weighted by atomic mass is 10.1. The van der Waals surface area contributed by atoms with Gasteiger partial charge in [-0.15, -0.1) is 0 Å². The molecule has 2 fully saturated rings. The molecule has 0 aliphatic carbocycles. The summed E-state index contributed by atoms with van der Waals surface area (Å²) in [5.41, 5.74) is 6.19. The van der Waals surface area contributed by atoms with Gasteiger partial charge in [-0.1, -0.05) is 0 Å². The van der Waals surface area contributed by atoms with Crippen LogP contribution in [0.4, 0.5) is 5.82 Å². The highest BCUT2D eigenvalue weighted by Gasteiger charge is 2.47. The van der Waals surface area contributed by atoms with Gasteiger partial charge in [0.05, 0.1) is 31.7 Å². The number of nitrogens with one attached hydrogen (secondary N) is 1. The van der Waals surface area contributed by atoms with Crippen LogP contribution in [0.3, 0.4) is 0 Å². The molecule has 1 amide bonds. The quantitative estimate of drug-likeness (QED) is 0.147. The lowest BCUT2D eigenvalue weighted by Crippen LogP contribution is -2.47. The van der Waals surface area contributed by atoms with Crippen molar-refractivity contribution in [2.24, 2.45) is 0 Å². The Labute approximate surface area is 221 Å². The summed E-state index contributed by atoms with van der Waals surface area (Å²) >= 11 is 0. The molecule has 218 valence electrons. The SMILES string of the molecule is CC(=O)N[C@@H]1C(O)C(C)O[C@@H]1COP(=O)(O)CP(=O)(O)OC[C@@H]1O[C@H](n2cnc3c(N)ncnc32)C(O)C1O. The van der Waals surface area contributed by atoms with E-state index in [1.54, 1.807) is 0 Å². The van der Waals surface area contributed by atoms with Crippen molar-refractivity contribution < 1.29 is 57.6 Å². The Bertz CT molecular complexity index is 1300. The highest BCUT2D eigenvalue weighted by molar-refractivity contribution is 7.70. The van der Waals surface area contributed by atoms with Gasteiger partial charge in [-0.05, 0) is 6.92 Å². The Morgan fingerprint density at radius 2 is 1.69 bits per heavy atom. The van der Waals surface area contributed by atoms with E-state index in [-0.39, 0.29) is 17.0 Å². The Balaban J connectivity index is 1.34. The average molecular weight is 596 g/mol. The summed E-state index contributed by atoms with van der Waals surface area (Å²) in [6, 6.07) is -0.925. The molecule has 2 aliphatic heterocycles. The third-order valence-corrected chi connectivity index (χ3v) is 10.2. The van der Waals surface area contributed by atoms with Crippen molar-refractivity contribution in [1.82, 2.24) is 24.8 Å². The van der Waals surface area contributed by atoms with Gasteiger partial charge in [-0.2, -0.15) is 0 Å². The molecule has 2 saturated heterocycles. The summed E-state index contributed by atoms with van der Waals surface area (Å²) < 4.78 is 47.3. The first-order chi connectivity index (χ1) is 18.2. The Kier molecular flexibility index (Phi) is 8.76. The van der Waals surface area contributed by atoms with Gasteiger partial charge in [0, 0.05) is 6.92 Å². The van der Waals surface area contributed by atoms with E-state index in [4.69, 9.17) is 24.3 Å². The van der Waals surface area contributed by atoms with Gasteiger partial charge < -0.3 is 54.7 Å². The number of aromatic nitrogens is 4. The molecule has 20 heteroatoms. The number of aliphatic hydroxyl groups is 3. The van der Waals surface area contributed by atoms with Crippen LogP contribution in [0.2, 0.25) is 0 Å². The number of fused-ring (bicyclic) bond motifs is 1. The maximum atomic E-state index is 12.6. The lowest BCUT2D eigenvalue weighted by molar-refractivity contribution is -0.120. The van der Waals surface area contributed by atoms with Crippen molar-refractivity contribution in [3.8, 4) is 0 Å². The number of carbonyl (C=O) groups is 1. The molecule has 6 unspecified atom stereocenters. The van der Waals surface area contributed by atoms with E-state index in [1.165, 1.54) is 31.1 Å². The molecule has 2 aliphatic rings. The van der Waals surface area contributed by atoms with Crippen LogP contribution in [-0.2, 0) is 32.4 Å². The molecule has 39 heavy (non-hydrogen) atoms. The van der Waals surface area contributed by atoms with Gasteiger partial charge in [0.2, 0.25) is 5.91 Å². The highest BCUT2D eigenvalue weighted by Crippen LogP contribution is 2.58. The number of nitrogens with zero attached hydrogens (tertiary/aromatic N) is 4. The van der Waals surface area contributed by atoms with Crippen LogP contribution in [0, 0.1) is 0 Å². The monoisotopic (exact) mass is 596 g/mol. The van der Waals surface area contributed by atoms with Crippen molar-refractivity contribution in [1.29, 1.82) is 0 Å². The second kappa shape index (κ2) is 11.4. The van der Waals surface area contributed by atoms with Crippen LogP contribution in [0.1, 0.15) is 20.1 Å². The summed E-state index contributed by atoms with van der Waals surface area (Å²) in [4.78, 5) is 43.6. The van der Waals surface area contributed by atoms with Crippen molar-refractivity contribution in [2.75, 3.05) is 24.9 Å². The normalized spacial score (nSPS) is 34.1. The fourth-order valence-electron chi connectivity index (χ4n) is 4.35. The van der Waals surface area contributed by atoms with Gasteiger partial charge in [-0.25, -0.2) is 15.0 Å². The zero-order valence-corrected chi connectivity index (χ0v) is 22.5. The average Bonchev–Trinajstić information content (AvgIpc) is 3.47. The van der Waals surface area contributed by atoms with E-state index in [9.17, 15) is 39.0 Å². The van der Waals surface area contributed by atoms with Crippen molar-refractivity contribution >= 4 is 38.1 Å². The summed E-state index contributed by atoms with van der Waals surface area (Å²) in [6.07, 6.45) is -5.97. The second-order valence-electron chi connectivity index (χ2n) is 9.23. The molecular formula is C19H30N6O12P2. The zero-order valence-electron chi connectivity index (χ0n) is 20.7. The number of rotatable bonds is 10. The fourth-order valence-corrected chi connectivity index (χ4v) is 7.57. The number of hydrogen-bond donors (Lipinski definition) is 7. The van der Waals surface area contributed by atoms with E-state index < -0.39 is 89.1 Å². The number of imidazole rings is 1. The third kappa shape index (κ3) is 6.64. The maximum absolute atomic E-state index is 12.6. The second-order valence-corrected chi connectivity index (χ2v) is 13.4. The summed E-state index contributed by atoms with van der Waals surface area (Å²) in [7, 11) is -9.53. The molecule has 8 N–H and O–H groups in total. The van der Waals surface area contributed by atoms with E-state index in [0.29, 0.717) is 0 Å². The molecule has 0 aromatic carbocycles. The Morgan fingerprint density at radius 3 is 2.33 bits per heavy atom. The standard InChI is InChI=1S/C19H30N6O12P2/c1-8-14(27)12(24-9(2)26)10(36-8)3-34-38(30,31)7-39(32,33)35-4-11-15(28)16(29)19(37-11)25-6-23-13-17(20)21-5-22-18(13)25/h5-6,8,10-12,14-16,19,27-29H,3-4,7H2,1-2H3,(H,24,26)(H,30,31)(H,32,33)(H2,20,21,22)/t8?,10-,11+,12+,14?,15?,16?,19+/m1/s1. The van der Waals surface area contributed by atoms with Crippen molar-refractivity contribution in [2.45, 2.75) is 62.7 Å². The predicted molar refractivity (Wildman–Crippen MR) is 130 cm³/mol. The van der Waals surface area contributed by atoms with Gasteiger partial charge in [0.15, 0.2) is 23.6 Å². The summed E-state index contributed by atoms with van der Waals surface area (Å²) in [6.45, 7) is 1.45. The Hall–Kier alpha value is -2.08. The first-order valence-corrected chi connectivity index (χ1v) is 15.2. The molecule has 2 aromatic heterocycles. The van der Waals surface area contributed by atoms with Crippen LogP contribution in [0.5, 0.6) is 0 Å². The molecule has 4 rings (SSSR count). The molecule has 4 heterocycles. The van der Waals surface area contributed by atoms with Crippen LogP contribution in [0.25, 0.3) is 11.2 Å². The number of ether oxygens (including phenoxy) is 2. The minimum atomic E-state index is -4.79. The number of hydrogen-bond acceptors (Lipinski definition) is 14. The number of carbonyl (C=O) groups excluding carboxylic acids is 1. The number of nitrogens with two attached hydrogens (primary N) is 1. The zero-order chi connectivity index (χ0) is 28.7. The van der Waals surface area contributed by atoms with E-state index >= 15 is 0 Å². The highest BCUT2D eigenvalue weighted by atomic mass is 31.2. The first-order valence-electron chi connectivity index (χ1n) is 11.7. The molecule has 18 nitrogen and oxygen atoms in total. The van der Waals surface area contributed by atoms with E-state index in [1.807, 2.05) is 0 Å². The molecule has 0 spiro atoms. The molecule has 0 saturated carbocycles. The number of anilines is 1. The van der Waals surface area contributed by atoms with Crippen LogP contribution < -0.4 is 11.1 Å². The molecular weight excluding hydrogens is 566 g/mol. The molecule has 2 aromatic rings. The number of amides is 1. The van der Waals surface area contributed by atoms with Crippen LogP contribution >= 0.6 is 15.2 Å². The van der Waals surface area contributed by atoms with E-state index in [2.05, 4.69) is 20.3 Å². The minimum Gasteiger partial charge on any atom is -0.388 e.